The Morgan fingerprint density at radius 3 is 2.29 bits per heavy atom. The fraction of sp³-hybridized carbons (Fsp3) is 0.0769. The molecule has 0 radical (unpaired) electrons. The topological polar surface area (TPSA) is 0 Å². The molecule has 1 aromatic rings. The average Bonchev–Trinajstić information content (AvgIpc) is 2.70. The first-order valence-corrected chi connectivity index (χ1v) is 5.26. The van der Waals surface area contributed by atoms with Gasteiger partial charge in [0.2, 0.25) is 0 Å². The Balaban J connectivity index is 2.13. The summed E-state index contributed by atoms with van der Waals surface area (Å²) in [6.07, 6.45) is 8.24. The zero-order valence-electron chi connectivity index (χ0n) is 7.57. The van der Waals surface area contributed by atoms with Crippen LogP contribution in [0.1, 0.15) is 5.56 Å². The molecule has 2 rings (SSSR count). The Hall–Kier alpha value is -1.26. The van der Waals surface area contributed by atoms with Gasteiger partial charge < -0.3 is 0 Å². The molecule has 1 aromatic carbocycles. The number of rotatable bonds is 0. The third-order valence-corrected chi connectivity index (χ3v) is 2.50. The molecule has 0 atom stereocenters. The van der Waals surface area contributed by atoms with Gasteiger partial charge in [0.1, 0.15) is 0 Å². The van der Waals surface area contributed by atoms with Gasteiger partial charge in [-0.2, -0.15) is 0 Å². The van der Waals surface area contributed by atoms with Crippen LogP contribution < -0.4 is 0 Å². The number of benzene rings is 1. The van der Waals surface area contributed by atoms with E-state index in [1.165, 1.54) is 0 Å². The summed E-state index contributed by atoms with van der Waals surface area (Å²) >= 11 is 3.39. The van der Waals surface area contributed by atoms with Gasteiger partial charge in [0.15, 0.2) is 0 Å². The molecule has 1 aliphatic rings. The summed E-state index contributed by atoms with van der Waals surface area (Å²) in [4.78, 5) is 0. The van der Waals surface area contributed by atoms with Gasteiger partial charge in [0.25, 0.3) is 0 Å². The van der Waals surface area contributed by atoms with Crippen molar-refractivity contribution in [1.29, 1.82) is 0 Å². The number of halogens is 1. The summed E-state index contributed by atoms with van der Waals surface area (Å²) < 4.78 is 1.09. The Bertz CT molecular complexity index is 415. The van der Waals surface area contributed by atoms with E-state index in [1.54, 1.807) is 0 Å². The molecule has 0 bridgehead atoms. The minimum atomic E-state index is 0.290. The van der Waals surface area contributed by atoms with Gasteiger partial charge in [-0.15, -0.1) is 0 Å². The first-order valence-electron chi connectivity index (χ1n) is 4.47. The monoisotopic (exact) mass is 244 g/mol. The molecular weight excluding hydrogens is 236 g/mol. The van der Waals surface area contributed by atoms with Crippen LogP contribution in [0.3, 0.4) is 0 Å². The van der Waals surface area contributed by atoms with Gasteiger partial charge in [-0.1, -0.05) is 52.1 Å². The van der Waals surface area contributed by atoms with Crippen LogP contribution in [0.15, 0.2) is 53.0 Å². The quantitative estimate of drug-likeness (QED) is 0.613. The van der Waals surface area contributed by atoms with Gasteiger partial charge in [0, 0.05) is 10.0 Å². The van der Waals surface area contributed by atoms with E-state index in [0.717, 1.165) is 10.0 Å². The van der Waals surface area contributed by atoms with Crippen molar-refractivity contribution in [3.63, 3.8) is 0 Å². The molecule has 0 unspecified atom stereocenters. The van der Waals surface area contributed by atoms with Crippen molar-refractivity contribution >= 4 is 15.9 Å². The molecule has 0 spiro atoms. The lowest BCUT2D eigenvalue weighted by molar-refractivity contribution is 1.15. The van der Waals surface area contributed by atoms with E-state index < -0.39 is 0 Å². The van der Waals surface area contributed by atoms with Gasteiger partial charge in [-0.25, -0.2) is 0 Å². The molecule has 0 fully saturated rings. The first kappa shape index (κ1) is 9.30. The lowest BCUT2D eigenvalue weighted by Gasteiger charge is -1.92. The average molecular weight is 245 g/mol. The van der Waals surface area contributed by atoms with E-state index in [-0.39, 0.29) is 0 Å². The van der Waals surface area contributed by atoms with E-state index in [2.05, 4.69) is 39.9 Å². The minimum absolute atomic E-state index is 0.290. The van der Waals surface area contributed by atoms with E-state index in [4.69, 9.17) is 0 Å². The van der Waals surface area contributed by atoms with Crippen LogP contribution in [0.5, 0.6) is 0 Å². The number of hydrogen-bond donors (Lipinski definition) is 0. The van der Waals surface area contributed by atoms with Crippen LogP contribution >= 0.6 is 15.9 Å². The highest BCUT2D eigenvalue weighted by Gasteiger charge is 1.96. The normalized spacial score (nSPS) is 14.1. The summed E-state index contributed by atoms with van der Waals surface area (Å²) in [5.74, 6) is 6.61. The Morgan fingerprint density at radius 1 is 1.00 bits per heavy atom. The Labute approximate surface area is 92.5 Å². The summed E-state index contributed by atoms with van der Waals surface area (Å²) in [6.45, 7) is 0. The van der Waals surface area contributed by atoms with Crippen molar-refractivity contribution in [3.05, 3.63) is 58.6 Å². The second-order valence-corrected chi connectivity index (χ2v) is 3.99. The highest BCUT2D eigenvalue weighted by Crippen LogP contribution is 2.11. The van der Waals surface area contributed by atoms with Crippen molar-refractivity contribution in [1.82, 2.24) is 0 Å². The van der Waals surface area contributed by atoms with Crippen LogP contribution in [0.2, 0.25) is 0 Å². The number of hydrogen-bond acceptors (Lipinski definition) is 0. The van der Waals surface area contributed by atoms with E-state index >= 15 is 0 Å². The van der Waals surface area contributed by atoms with E-state index in [9.17, 15) is 0 Å². The Morgan fingerprint density at radius 2 is 1.64 bits per heavy atom. The van der Waals surface area contributed by atoms with Gasteiger partial charge >= 0.3 is 0 Å². The lowest BCUT2D eigenvalue weighted by Crippen LogP contribution is -1.82. The standard InChI is InChI=1S/C13H9Br/c14-13-9-7-12(8-10-13)6-5-11-3-1-2-4-11/h1-4,7-11H. The van der Waals surface area contributed by atoms with E-state index in [1.807, 2.05) is 36.4 Å². The zero-order chi connectivity index (χ0) is 9.80. The van der Waals surface area contributed by atoms with Crippen LogP contribution in [0, 0.1) is 17.8 Å². The smallest absolute Gasteiger partial charge is 0.0573 e. The minimum Gasteiger partial charge on any atom is -0.0861 e. The third-order valence-electron chi connectivity index (χ3n) is 1.98. The SMILES string of the molecule is Brc1ccc(C#CC2C=CC=C2)cc1. The fourth-order valence-electron chi connectivity index (χ4n) is 1.23. The molecule has 0 amide bonds. The molecule has 0 aliphatic heterocycles. The third kappa shape index (κ3) is 2.37. The van der Waals surface area contributed by atoms with Gasteiger partial charge in [0.05, 0.1) is 5.92 Å². The molecule has 0 saturated carbocycles. The predicted octanol–water partition coefficient (Wildman–Crippen LogP) is 3.54. The summed E-state index contributed by atoms with van der Waals surface area (Å²) in [7, 11) is 0. The Kier molecular flexibility index (Phi) is 2.86. The molecule has 14 heavy (non-hydrogen) atoms. The second kappa shape index (κ2) is 4.30. The summed E-state index contributed by atoms with van der Waals surface area (Å²) in [6, 6.07) is 8.04. The number of allylic oxidation sites excluding steroid dienone is 4. The largest absolute Gasteiger partial charge is 0.0861 e. The molecule has 1 aliphatic carbocycles. The first-order chi connectivity index (χ1) is 6.84. The maximum atomic E-state index is 3.39. The van der Waals surface area contributed by atoms with Gasteiger partial charge in [-0.3, -0.25) is 0 Å². The van der Waals surface area contributed by atoms with E-state index in [0.29, 0.717) is 5.92 Å². The van der Waals surface area contributed by atoms with Crippen LogP contribution in [0.4, 0.5) is 0 Å². The lowest BCUT2D eigenvalue weighted by atomic mass is 10.1. The molecule has 0 saturated heterocycles. The van der Waals surface area contributed by atoms with Crippen molar-refractivity contribution in [2.45, 2.75) is 0 Å². The summed E-state index contributed by atoms with van der Waals surface area (Å²) in [5, 5.41) is 0. The van der Waals surface area contributed by atoms with Gasteiger partial charge in [-0.05, 0) is 24.3 Å². The molecule has 1 heteroatoms. The second-order valence-electron chi connectivity index (χ2n) is 3.07. The van der Waals surface area contributed by atoms with Crippen LogP contribution in [-0.2, 0) is 0 Å². The van der Waals surface area contributed by atoms with Crippen molar-refractivity contribution in [3.8, 4) is 11.8 Å². The predicted molar refractivity (Wildman–Crippen MR) is 62.8 cm³/mol. The maximum Gasteiger partial charge on any atom is 0.0573 e. The molecule has 68 valence electrons. The van der Waals surface area contributed by atoms with Crippen LogP contribution in [-0.4, -0.2) is 0 Å². The van der Waals surface area contributed by atoms with Crippen molar-refractivity contribution < 1.29 is 0 Å². The summed E-state index contributed by atoms with van der Waals surface area (Å²) in [5.41, 5.74) is 1.06. The molecular formula is C13H9Br. The molecule has 0 N–H and O–H groups in total. The molecule has 0 heterocycles. The zero-order valence-corrected chi connectivity index (χ0v) is 9.16. The molecule has 0 nitrogen and oxygen atoms in total. The highest BCUT2D eigenvalue weighted by molar-refractivity contribution is 9.10. The van der Waals surface area contributed by atoms with Crippen LogP contribution in [0.25, 0.3) is 0 Å². The maximum absolute atomic E-state index is 3.39. The van der Waals surface area contributed by atoms with Crippen molar-refractivity contribution in [2.75, 3.05) is 0 Å². The molecule has 0 aromatic heterocycles. The fourth-order valence-corrected chi connectivity index (χ4v) is 1.49. The van der Waals surface area contributed by atoms with Crippen molar-refractivity contribution in [2.24, 2.45) is 5.92 Å². The highest BCUT2D eigenvalue weighted by atomic mass is 79.9.